The van der Waals surface area contributed by atoms with E-state index in [0.29, 0.717) is 0 Å². The molecule has 24 nitrogen and oxygen atoms in total. The zero-order valence-electron chi connectivity index (χ0n) is 28.3. The largest absolute Gasteiger partial charge is 0.453 e. The Bertz CT molecular complexity index is 698. The molecule has 0 spiro atoms. The Morgan fingerprint density at radius 3 is 0.652 bits per heavy atom. The predicted molar refractivity (Wildman–Crippen MR) is 166 cm³/mol. The molecule has 0 atom stereocenters. The van der Waals surface area contributed by atoms with Crippen LogP contribution in [0.15, 0.2) is 30.0 Å². The monoisotopic (exact) mass is 675 g/mol. The average molecular weight is 676 g/mol. The number of urea groups is 1. The summed E-state index contributed by atoms with van der Waals surface area (Å²) in [6, 6.07) is -0.157. The minimum atomic E-state index is -0.407. The fraction of sp³-hybridized carbons (Fsp3) is 0.591. The molecule has 0 bridgehead atoms. The topological polar surface area (TPSA) is 394 Å². The van der Waals surface area contributed by atoms with Crippen LogP contribution in [0.25, 0.3) is 0 Å². The summed E-state index contributed by atoms with van der Waals surface area (Å²) < 4.78 is 4.15. The quantitative estimate of drug-likeness (QED) is 0.108. The van der Waals surface area contributed by atoms with Crippen LogP contribution in [-0.4, -0.2) is 157 Å². The number of rotatable bonds is 0. The van der Waals surface area contributed by atoms with Crippen molar-refractivity contribution >= 4 is 54.8 Å². The summed E-state index contributed by atoms with van der Waals surface area (Å²) >= 11 is 0. The second-order valence-electron chi connectivity index (χ2n) is 3.54. The molecule has 0 rings (SSSR count). The molecule has 0 saturated heterocycles. The van der Waals surface area contributed by atoms with E-state index in [9.17, 15) is 9.59 Å². The molecule has 0 saturated carbocycles. The smallest absolute Gasteiger partial charge is 0.406 e. The van der Waals surface area contributed by atoms with E-state index in [1.165, 1.54) is 107 Å². The van der Waals surface area contributed by atoms with Gasteiger partial charge in [-0.25, -0.2) is 68.3 Å². The minimum Gasteiger partial charge on any atom is -0.453 e. The van der Waals surface area contributed by atoms with Crippen molar-refractivity contribution < 1.29 is 63.3 Å². The van der Waals surface area contributed by atoms with Crippen LogP contribution in [0, 0.1) is 0 Å². The van der Waals surface area contributed by atoms with E-state index in [-0.39, 0.29) is 17.7 Å². The van der Waals surface area contributed by atoms with Crippen LogP contribution in [0.3, 0.4) is 0 Å². The summed E-state index contributed by atoms with van der Waals surface area (Å²) in [6.07, 6.45) is 7.68. The minimum absolute atomic E-state index is 0. The van der Waals surface area contributed by atoms with Crippen LogP contribution in [0.5, 0.6) is 0 Å². The van der Waals surface area contributed by atoms with Crippen molar-refractivity contribution in [3.8, 4) is 0 Å². The number of methoxy groups -OCH3 is 1. The molecule has 0 aliphatic rings. The number of isocyanates is 6. The lowest BCUT2D eigenvalue weighted by atomic mass is 11.0. The lowest BCUT2D eigenvalue weighted by Gasteiger charge is -1.91. The lowest BCUT2D eigenvalue weighted by molar-refractivity contribution is -0.191. The zero-order chi connectivity index (χ0) is 39.2. The van der Waals surface area contributed by atoms with E-state index >= 15 is 0 Å². The summed E-state index contributed by atoms with van der Waals surface area (Å²) in [5, 5.41) is 14.0. The second kappa shape index (κ2) is 195. The molecule has 24 heteroatoms. The molecular weight excluding hydrogens is 626 g/mol. The highest BCUT2D eigenvalue weighted by Crippen LogP contribution is 1.62. The Labute approximate surface area is 267 Å². The van der Waals surface area contributed by atoms with Gasteiger partial charge in [-0.15, -0.1) is 0 Å². The summed E-state index contributed by atoms with van der Waals surface area (Å²) in [5.74, 6) is 0. The number of hydrogen-bond acceptors (Lipinski definition) is 20. The Morgan fingerprint density at radius 1 is 0.522 bits per heavy atom. The van der Waals surface area contributed by atoms with Gasteiger partial charge in [-0.3, -0.25) is 0 Å². The van der Waals surface area contributed by atoms with Gasteiger partial charge in [0.05, 0.1) is 7.11 Å². The van der Waals surface area contributed by atoms with Gasteiger partial charge < -0.3 is 42.7 Å². The average Bonchev–Trinajstić information content (AvgIpc) is 3.14. The molecule has 0 radical (unpaired) electrons. The fourth-order valence-corrected chi connectivity index (χ4v) is 0.227. The van der Waals surface area contributed by atoms with Gasteiger partial charge in [-0.1, -0.05) is 0 Å². The van der Waals surface area contributed by atoms with Crippen molar-refractivity contribution in [1.29, 1.82) is 0 Å². The normalized spacial score (nSPS) is 4.61. The van der Waals surface area contributed by atoms with Crippen LogP contribution < -0.4 is 27.4 Å². The van der Waals surface area contributed by atoms with Crippen LogP contribution in [0.2, 0.25) is 0 Å². The van der Waals surface area contributed by atoms with Gasteiger partial charge in [0, 0.05) is 70.5 Å². The first-order chi connectivity index (χ1) is 21.5. The maximum atomic E-state index is 9.96. The summed E-state index contributed by atoms with van der Waals surface area (Å²) in [6.45, 7) is 0. The van der Waals surface area contributed by atoms with Crippen LogP contribution in [-0.2, 0) is 43.1 Å². The molecule has 0 unspecified atom stereocenters. The molecule has 0 fully saturated rings. The number of hydrogen-bond donors (Lipinski definition) is 6. The maximum Gasteiger partial charge on any atom is 0.406 e. The standard InChI is InChI=1S/C3H8N2O.C3H7NO2.6C2H3NO.2CH5N.CO2.CH4O.H2O/c1-4-3(6)5-2;1-4-3(5)6-2;6*1-3-2-4;2*1-2;2-1-3;1-2;/h1-2H3,(H2,4,5,6);1-2H3,(H,4,5);6*1H3;2*2H2,1H3;;2H,1H3;1H2. The predicted octanol–water partition coefficient (Wildman–Crippen LogP) is -3.42. The third-order valence-electron chi connectivity index (χ3n) is 1.39. The van der Waals surface area contributed by atoms with Crippen molar-refractivity contribution in [1.82, 2.24) is 16.0 Å². The highest BCUT2D eigenvalue weighted by Gasteiger charge is 1.85. The number of nitrogens with one attached hydrogen (secondary N) is 3. The van der Waals surface area contributed by atoms with Crippen LogP contribution in [0.1, 0.15) is 0 Å². The molecule has 0 aromatic rings. The summed E-state index contributed by atoms with van der Waals surface area (Å²) in [5.41, 5.74) is 9.00. The van der Waals surface area contributed by atoms with Gasteiger partial charge in [-0.05, 0) is 14.1 Å². The Kier molecular flexibility index (Phi) is 353. The lowest BCUT2D eigenvalue weighted by Crippen LogP contribution is -2.28. The number of carbonyl (C=O) groups is 2. The summed E-state index contributed by atoms with van der Waals surface area (Å²) in [7, 11) is 18.3. The van der Waals surface area contributed by atoms with Crippen molar-refractivity contribution in [2.75, 3.05) is 91.7 Å². The Balaban J connectivity index is -0.0000000238. The first-order valence-corrected chi connectivity index (χ1v) is 10.5. The number of amides is 3. The zero-order valence-corrected chi connectivity index (χ0v) is 28.3. The van der Waals surface area contributed by atoms with Gasteiger partial charge in [0.1, 0.15) is 0 Å². The van der Waals surface area contributed by atoms with E-state index < -0.39 is 6.09 Å². The number of alkyl carbamates (subject to hydrolysis) is 1. The van der Waals surface area contributed by atoms with Crippen molar-refractivity contribution in [2.45, 2.75) is 0 Å². The van der Waals surface area contributed by atoms with Crippen molar-refractivity contribution in [3.05, 3.63) is 0 Å². The highest BCUT2D eigenvalue weighted by molar-refractivity contribution is 5.72. The molecule has 46 heavy (non-hydrogen) atoms. The third-order valence-corrected chi connectivity index (χ3v) is 1.39. The number of aliphatic hydroxyl groups is 1. The second-order valence-corrected chi connectivity index (χ2v) is 3.54. The van der Waals surface area contributed by atoms with E-state index in [1.54, 1.807) is 14.1 Å². The molecule has 3 amide bonds. The van der Waals surface area contributed by atoms with Gasteiger partial charge >= 0.3 is 18.3 Å². The van der Waals surface area contributed by atoms with E-state index in [4.69, 9.17) is 43.5 Å². The van der Waals surface area contributed by atoms with Gasteiger partial charge in [0.25, 0.3) is 0 Å². The number of aliphatic imine (C=N–C) groups is 6. The maximum absolute atomic E-state index is 9.96. The van der Waals surface area contributed by atoms with Crippen molar-refractivity contribution in [3.63, 3.8) is 0 Å². The van der Waals surface area contributed by atoms with Crippen LogP contribution in [0.4, 0.5) is 9.59 Å². The third kappa shape index (κ3) is 807. The van der Waals surface area contributed by atoms with Gasteiger partial charge in [0.2, 0.25) is 36.5 Å². The number of ether oxygens (including phenoxy) is 1. The highest BCUT2D eigenvalue weighted by atomic mass is 16.5. The Hall–Kier alpha value is -5.96. The number of nitrogens with two attached hydrogens (primary N) is 2. The van der Waals surface area contributed by atoms with E-state index in [0.717, 1.165) is 7.11 Å². The molecule has 0 heterocycles. The number of nitrogens with zero attached hydrogens (tertiary/aromatic N) is 6. The first-order valence-electron chi connectivity index (χ1n) is 10.5. The first kappa shape index (κ1) is 83.5. The van der Waals surface area contributed by atoms with Gasteiger partial charge in [0.15, 0.2) is 0 Å². The van der Waals surface area contributed by atoms with Crippen LogP contribution >= 0.6 is 0 Å². The molecule has 0 aliphatic carbocycles. The number of carbonyl (C=O) groups excluding carboxylic acids is 10. The van der Waals surface area contributed by atoms with E-state index in [1.807, 2.05) is 0 Å². The Morgan fingerprint density at radius 2 is 0.652 bits per heavy atom. The SMILES string of the molecule is CN.CN.CN=C=O.CN=C=O.CN=C=O.CN=C=O.CN=C=O.CN=C=O.CNC(=O)NC.CNC(=O)OC.CO.O.O=C=O. The van der Waals surface area contributed by atoms with Crippen molar-refractivity contribution in [2.24, 2.45) is 41.4 Å². The molecular formula is C22H49N11O13. The molecule has 0 aliphatic heterocycles. The summed E-state index contributed by atoms with van der Waals surface area (Å²) in [4.78, 5) is 107. The van der Waals surface area contributed by atoms with E-state index in [2.05, 4.69) is 62.1 Å². The number of aliphatic hydroxyl groups excluding tert-OH is 1. The fourth-order valence-electron chi connectivity index (χ4n) is 0.227. The van der Waals surface area contributed by atoms with Gasteiger partial charge in [-0.2, -0.15) is 9.59 Å². The molecule has 270 valence electrons. The molecule has 10 N–H and O–H groups in total. The molecule has 0 aromatic carbocycles. The molecule has 0 aromatic heterocycles.